The Morgan fingerprint density at radius 1 is 0.848 bits per heavy atom. The SMILES string of the molecule is O=C(Nc1cnn(-c2cccc(C(=O)Nc3ccc(Cl)c(F)c3)c2)c1)Nc1ccccc1Cl. The van der Waals surface area contributed by atoms with Crippen molar-refractivity contribution >= 4 is 52.2 Å². The molecule has 1 heterocycles. The van der Waals surface area contributed by atoms with Crippen LogP contribution >= 0.6 is 23.2 Å². The highest BCUT2D eigenvalue weighted by Crippen LogP contribution is 2.22. The molecule has 1 aromatic heterocycles. The number of para-hydroxylation sites is 1. The second-order valence-corrected chi connectivity index (χ2v) is 7.68. The van der Waals surface area contributed by atoms with Crippen LogP contribution in [-0.4, -0.2) is 21.7 Å². The monoisotopic (exact) mass is 483 g/mol. The van der Waals surface area contributed by atoms with Gasteiger partial charge in [-0.3, -0.25) is 4.79 Å². The minimum atomic E-state index is -0.627. The van der Waals surface area contributed by atoms with E-state index in [2.05, 4.69) is 21.0 Å². The van der Waals surface area contributed by atoms with Crippen LogP contribution in [0.5, 0.6) is 0 Å². The van der Waals surface area contributed by atoms with E-state index in [0.717, 1.165) is 6.07 Å². The molecule has 7 nitrogen and oxygen atoms in total. The van der Waals surface area contributed by atoms with E-state index in [1.54, 1.807) is 54.7 Å². The summed E-state index contributed by atoms with van der Waals surface area (Å²) in [6.07, 6.45) is 3.06. The molecule has 0 spiro atoms. The van der Waals surface area contributed by atoms with Gasteiger partial charge in [0.05, 0.1) is 39.5 Å². The van der Waals surface area contributed by atoms with E-state index in [4.69, 9.17) is 23.2 Å². The van der Waals surface area contributed by atoms with Crippen LogP contribution in [0.25, 0.3) is 5.69 Å². The number of rotatable bonds is 5. The molecule has 4 aromatic rings. The molecule has 3 aromatic carbocycles. The summed E-state index contributed by atoms with van der Waals surface area (Å²) < 4.78 is 15.1. The van der Waals surface area contributed by atoms with E-state index >= 15 is 0 Å². The fraction of sp³-hybridized carbons (Fsp3) is 0. The smallest absolute Gasteiger partial charge is 0.322 e. The Morgan fingerprint density at radius 3 is 2.45 bits per heavy atom. The molecule has 0 fully saturated rings. The van der Waals surface area contributed by atoms with Crippen molar-refractivity contribution in [3.63, 3.8) is 0 Å². The molecule has 3 amide bonds. The Bertz CT molecular complexity index is 1340. The minimum absolute atomic E-state index is 0.0290. The van der Waals surface area contributed by atoms with Crippen LogP contribution in [-0.2, 0) is 0 Å². The molecular weight excluding hydrogens is 468 g/mol. The van der Waals surface area contributed by atoms with E-state index in [1.165, 1.54) is 23.0 Å². The topological polar surface area (TPSA) is 88.0 Å². The number of urea groups is 1. The van der Waals surface area contributed by atoms with E-state index in [1.807, 2.05) is 0 Å². The lowest BCUT2D eigenvalue weighted by Crippen LogP contribution is -2.19. The van der Waals surface area contributed by atoms with E-state index in [0.29, 0.717) is 27.6 Å². The predicted octanol–water partition coefficient (Wildman–Crippen LogP) is 6.21. The van der Waals surface area contributed by atoms with Gasteiger partial charge in [-0.25, -0.2) is 13.9 Å². The summed E-state index contributed by atoms with van der Waals surface area (Å²) in [5.74, 6) is -1.05. The third-order valence-electron chi connectivity index (χ3n) is 4.51. The van der Waals surface area contributed by atoms with Gasteiger partial charge in [-0.05, 0) is 48.5 Å². The number of benzene rings is 3. The van der Waals surface area contributed by atoms with E-state index < -0.39 is 17.8 Å². The maximum absolute atomic E-state index is 13.6. The van der Waals surface area contributed by atoms with Gasteiger partial charge >= 0.3 is 6.03 Å². The van der Waals surface area contributed by atoms with Gasteiger partial charge in [-0.15, -0.1) is 0 Å². The van der Waals surface area contributed by atoms with Crippen molar-refractivity contribution in [2.75, 3.05) is 16.0 Å². The highest BCUT2D eigenvalue weighted by molar-refractivity contribution is 6.33. The first kappa shape index (κ1) is 22.3. The Kier molecular flexibility index (Phi) is 6.58. The van der Waals surface area contributed by atoms with Crippen LogP contribution in [0, 0.1) is 5.82 Å². The molecule has 0 bridgehead atoms. The third kappa shape index (κ3) is 5.49. The Morgan fingerprint density at radius 2 is 1.67 bits per heavy atom. The second kappa shape index (κ2) is 9.72. The summed E-state index contributed by atoms with van der Waals surface area (Å²) in [7, 11) is 0. The number of hydrogen-bond acceptors (Lipinski definition) is 3. The van der Waals surface area contributed by atoms with Gasteiger partial charge < -0.3 is 16.0 Å². The molecule has 0 saturated carbocycles. The molecule has 33 heavy (non-hydrogen) atoms. The molecule has 0 unspecified atom stereocenters. The summed E-state index contributed by atoms with van der Waals surface area (Å²) in [6, 6.07) is 17.1. The second-order valence-electron chi connectivity index (χ2n) is 6.87. The summed E-state index contributed by atoms with van der Waals surface area (Å²) in [5, 5.41) is 12.6. The minimum Gasteiger partial charge on any atom is -0.322 e. The van der Waals surface area contributed by atoms with Crippen LogP contribution in [0.3, 0.4) is 0 Å². The summed E-state index contributed by atoms with van der Waals surface area (Å²) in [5.41, 5.74) is 2.12. The number of halogens is 3. The first-order valence-corrected chi connectivity index (χ1v) is 10.4. The average Bonchev–Trinajstić information content (AvgIpc) is 3.26. The first-order chi connectivity index (χ1) is 15.9. The summed E-state index contributed by atoms with van der Waals surface area (Å²) >= 11 is 11.7. The number of carbonyl (C=O) groups is 2. The number of nitrogens with zero attached hydrogens (tertiary/aromatic N) is 2. The van der Waals surface area contributed by atoms with Gasteiger partial charge in [0, 0.05) is 11.3 Å². The first-order valence-electron chi connectivity index (χ1n) is 9.63. The fourth-order valence-electron chi connectivity index (χ4n) is 2.94. The summed E-state index contributed by atoms with van der Waals surface area (Å²) in [6.45, 7) is 0. The van der Waals surface area contributed by atoms with Crippen LogP contribution in [0.15, 0.2) is 79.1 Å². The molecule has 166 valence electrons. The van der Waals surface area contributed by atoms with Crippen LogP contribution in [0.2, 0.25) is 10.0 Å². The van der Waals surface area contributed by atoms with Crippen molar-refractivity contribution in [1.29, 1.82) is 0 Å². The van der Waals surface area contributed by atoms with E-state index in [9.17, 15) is 14.0 Å². The molecule has 0 atom stereocenters. The van der Waals surface area contributed by atoms with Crippen LogP contribution < -0.4 is 16.0 Å². The Balaban J connectivity index is 1.44. The molecule has 0 aliphatic carbocycles. The highest BCUT2D eigenvalue weighted by Gasteiger charge is 2.11. The quantitative estimate of drug-likeness (QED) is 0.315. The van der Waals surface area contributed by atoms with Gasteiger partial charge in [-0.1, -0.05) is 41.4 Å². The molecular formula is C23H16Cl2FN5O2. The lowest BCUT2D eigenvalue weighted by molar-refractivity contribution is 0.102. The molecule has 4 rings (SSSR count). The van der Waals surface area contributed by atoms with Crippen molar-refractivity contribution < 1.29 is 14.0 Å². The molecule has 0 aliphatic rings. The van der Waals surface area contributed by atoms with Gasteiger partial charge in [0.15, 0.2) is 0 Å². The summed E-state index contributed by atoms with van der Waals surface area (Å²) in [4.78, 5) is 24.8. The van der Waals surface area contributed by atoms with Gasteiger partial charge in [-0.2, -0.15) is 5.10 Å². The Hall–Kier alpha value is -3.88. The van der Waals surface area contributed by atoms with E-state index in [-0.39, 0.29) is 10.7 Å². The molecule has 0 aliphatic heterocycles. The molecule has 10 heteroatoms. The number of carbonyl (C=O) groups excluding carboxylic acids is 2. The predicted molar refractivity (Wildman–Crippen MR) is 127 cm³/mol. The normalized spacial score (nSPS) is 10.5. The zero-order valence-electron chi connectivity index (χ0n) is 16.9. The lowest BCUT2D eigenvalue weighted by atomic mass is 10.2. The number of amides is 3. The number of aromatic nitrogens is 2. The van der Waals surface area contributed by atoms with Crippen molar-refractivity contribution in [1.82, 2.24) is 9.78 Å². The number of hydrogen-bond donors (Lipinski definition) is 3. The fourth-order valence-corrected chi connectivity index (χ4v) is 3.24. The van der Waals surface area contributed by atoms with Crippen molar-refractivity contribution in [3.8, 4) is 5.69 Å². The molecule has 0 saturated heterocycles. The highest BCUT2D eigenvalue weighted by atomic mass is 35.5. The van der Waals surface area contributed by atoms with Gasteiger partial charge in [0.1, 0.15) is 5.82 Å². The van der Waals surface area contributed by atoms with Crippen LogP contribution in [0.1, 0.15) is 10.4 Å². The standard InChI is InChI=1S/C23H16Cl2FN5O2/c24-18-9-8-15(11-20(18)26)28-22(32)14-4-3-5-17(10-14)31-13-16(12-27-31)29-23(33)30-21-7-2-1-6-19(21)25/h1-13H,(H,28,32)(H2,29,30,33). The Labute approximate surface area is 198 Å². The van der Waals surface area contributed by atoms with Crippen molar-refractivity contribution in [3.05, 3.63) is 101 Å². The molecule has 3 N–H and O–H groups in total. The maximum Gasteiger partial charge on any atom is 0.323 e. The molecule has 0 radical (unpaired) electrons. The van der Waals surface area contributed by atoms with Gasteiger partial charge in [0.2, 0.25) is 0 Å². The largest absolute Gasteiger partial charge is 0.323 e. The van der Waals surface area contributed by atoms with Crippen LogP contribution in [0.4, 0.5) is 26.2 Å². The van der Waals surface area contributed by atoms with Crippen molar-refractivity contribution in [2.45, 2.75) is 0 Å². The zero-order chi connectivity index (χ0) is 23.4. The zero-order valence-corrected chi connectivity index (χ0v) is 18.4. The van der Waals surface area contributed by atoms with Crippen molar-refractivity contribution in [2.24, 2.45) is 0 Å². The number of anilines is 3. The number of nitrogens with one attached hydrogen (secondary N) is 3. The lowest BCUT2D eigenvalue weighted by Gasteiger charge is -2.08. The third-order valence-corrected chi connectivity index (χ3v) is 5.15. The van der Waals surface area contributed by atoms with Gasteiger partial charge in [0.25, 0.3) is 5.91 Å². The average molecular weight is 484 g/mol. The maximum atomic E-state index is 13.6.